The maximum atomic E-state index is 10.6. The fourth-order valence-electron chi connectivity index (χ4n) is 1.82. The minimum atomic E-state index is -0.838. The Morgan fingerprint density at radius 1 is 1.50 bits per heavy atom. The molecule has 0 radical (unpaired) electrons. The predicted molar refractivity (Wildman–Crippen MR) is 61.6 cm³/mol. The summed E-state index contributed by atoms with van der Waals surface area (Å²) in [5.74, 6) is -0.838. The molecule has 0 amide bonds. The lowest BCUT2D eigenvalue weighted by Crippen LogP contribution is -2.30. The number of aliphatic carboxylic acids is 1. The summed E-state index contributed by atoms with van der Waals surface area (Å²) < 4.78 is 5.38. The van der Waals surface area contributed by atoms with Crippen molar-refractivity contribution in [2.24, 2.45) is 0 Å². The average Bonchev–Trinajstić information content (AvgIpc) is 2.65. The van der Waals surface area contributed by atoms with Crippen LogP contribution in [0.15, 0.2) is 0 Å². The van der Waals surface area contributed by atoms with Gasteiger partial charge in [-0.3, -0.25) is 0 Å². The highest BCUT2D eigenvalue weighted by atomic mass is 16.5. The maximum absolute atomic E-state index is 10.6. The molecule has 1 aliphatic heterocycles. The zero-order valence-electron chi connectivity index (χ0n) is 10.1. The van der Waals surface area contributed by atoms with Gasteiger partial charge in [0.1, 0.15) is 0 Å². The Kier molecular flexibility index (Phi) is 5.73. The molecule has 2 atom stereocenters. The van der Waals surface area contributed by atoms with E-state index in [1.807, 2.05) is 0 Å². The summed E-state index contributed by atoms with van der Waals surface area (Å²) in [5.41, 5.74) is 0. The van der Waals surface area contributed by atoms with Crippen molar-refractivity contribution in [2.45, 2.75) is 31.5 Å². The third-order valence-corrected chi connectivity index (χ3v) is 2.71. The van der Waals surface area contributed by atoms with Crippen LogP contribution < -0.4 is 5.32 Å². The monoisotopic (exact) mass is 230 g/mol. The summed E-state index contributed by atoms with van der Waals surface area (Å²) >= 11 is 0. The molecule has 5 heteroatoms. The fourth-order valence-corrected chi connectivity index (χ4v) is 1.82. The minimum absolute atomic E-state index is 0.0699. The van der Waals surface area contributed by atoms with E-state index in [-0.39, 0.29) is 6.10 Å². The Bertz CT molecular complexity index is 221. The Morgan fingerprint density at radius 3 is 2.81 bits per heavy atom. The molecule has 0 saturated carbocycles. The second kappa shape index (κ2) is 6.83. The molecule has 2 unspecified atom stereocenters. The topological polar surface area (TPSA) is 61.8 Å². The molecular weight excluding hydrogens is 208 g/mol. The van der Waals surface area contributed by atoms with Crippen LogP contribution in [0.3, 0.4) is 0 Å². The lowest BCUT2D eigenvalue weighted by atomic mass is 10.2. The van der Waals surface area contributed by atoms with Gasteiger partial charge in [0, 0.05) is 6.54 Å². The molecule has 0 aromatic rings. The van der Waals surface area contributed by atoms with Crippen LogP contribution in [0.25, 0.3) is 0 Å². The Hall–Kier alpha value is -0.650. The van der Waals surface area contributed by atoms with Crippen LogP contribution in [0.5, 0.6) is 0 Å². The van der Waals surface area contributed by atoms with Gasteiger partial charge in [0.05, 0.1) is 6.10 Å². The Labute approximate surface area is 96.8 Å². The lowest BCUT2D eigenvalue weighted by molar-refractivity contribution is -0.149. The van der Waals surface area contributed by atoms with Crippen molar-refractivity contribution in [2.75, 3.05) is 33.7 Å². The van der Waals surface area contributed by atoms with E-state index in [0.717, 1.165) is 32.5 Å². The van der Waals surface area contributed by atoms with Crippen molar-refractivity contribution in [1.29, 1.82) is 0 Å². The number of nitrogens with zero attached hydrogens (tertiary/aromatic N) is 1. The second-order valence-corrected chi connectivity index (χ2v) is 4.52. The molecule has 1 saturated heterocycles. The molecule has 1 aliphatic rings. The third kappa shape index (κ3) is 4.92. The van der Waals surface area contributed by atoms with Crippen LogP contribution in [0.1, 0.15) is 19.3 Å². The van der Waals surface area contributed by atoms with Crippen molar-refractivity contribution in [3.05, 3.63) is 0 Å². The molecule has 94 valence electrons. The number of rotatable bonds is 7. The SMILES string of the molecule is CN(C)CCCNCC1CCC(C(=O)O)O1. The number of hydrogen-bond acceptors (Lipinski definition) is 4. The summed E-state index contributed by atoms with van der Waals surface area (Å²) in [7, 11) is 4.11. The number of carbonyl (C=O) groups is 1. The van der Waals surface area contributed by atoms with Gasteiger partial charge in [-0.2, -0.15) is 0 Å². The lowest BCUT2D eigenvalue weighted by Gasteiger charge is -2.13. The van der Waals surface area contributed by atoms with E-state index in [9.17, 15) is 4.79 Å². The van der Waals surface area contributed by atoms with Gasteiger partial charge in [-0.05, 0) is 46.4 Å². The summed E-state index contributed by atoms with van der Waals surface area (Å²) in [4.78, 5) is 12.8. The summed E-state index contributed by atoms with van der Waals surface area (Å²) in [6, 6.07) is 0. The Morgan fingerprint density at radius 2 is 2.25 bits per heavy atom. The van der Waals surface area contributed by atoms with E-state index in [2.05, 4.69) is 24.3 Å². The molecule has 0 spiro atoms. The number of hydrogen-bond donors (Lipinski definition) is 2. The number of carboxylic acids is 1. The van der Waals surface area contributed by atoms with Crippen LogP contribution >= 0.6 is 0 Å². The van der Waals surface area contributed by atoms with E-state index in [4.69, 9.17) is 9.84 Å². The molecular formula is C11H22N2O3. The van der Waals surface area contributed by atoms with E-state index in [1.54, 1.807) is 0 Å². The van der Waals surface area contributed by atoms with Crippen LogP contribution in [-0.4, -0.2) is 61.9 Å². The van der Waals surface area contributed by atoms with Gasteiger partial charge >= 0.3 is 5.97 Å². The van der Waals surface area contributed by atoms with E-state index in [1.165, 1.54) is 0 Å². The van der Waals surface area contributed by atoms with Gasteiger partial charge in [-0.1, -0.05) is 0 Å². The Balaban J connectivity index is 2.00. The van der Waals surface area contributed by atoms with Crippen LogP contribution in [0, 0.1) is 0 Å². The first kappa shape index (κ1) is 13.4. The molecule has 1 rings (SSSR count). The molecule has 0 aromatic carbocycles. The quantitative estimate of drug-likeness (QED) is 0.610. The smallest absolute Gasteiger partial charge is 0.332 e. The molecule has 16 heavy (non-hydrogen) atoms. The predicted octanol–water partition coefficient (Wildman–Crippen LogP) is 0.160. The zero-order chi connectivity index (χ0) is 12.0. The van der Waals surface area contributed by atoms with Gasteiger partial charge in [0.2, 0.25) is 0 Å². The van der Waals surface area contributed by atoms with Gasteiger partial charge in [-0.25, -0.2) is 4.79 Å². The molecule has 1 heterocycles. The first-order valence-electron chi connectivity index (χ1n) is 5.83. The van der Waals surface area contributed by atoms with E-state index < -0.39 is 12.1 Å². The second-order valence-electron chi connectivity index (χ2n) is 4.52. The molecule has 1 fully saturated rings. The first-order chi connectivity index (χ1) is 7.59. The normalized spacial score (nSPS) is 25.2. The van der Waals surface area contributed by atoms with Gasteiger partial charge < -0.3 is 20.1 Å². The third-order valence-electron chi connectivity index (χ3n) is 2.71. The van der Waals surface area contributed by atoms with Crippen molar-refractivity contribution in [3.8, 4) is 0 Å². The zero-order valence-corrected chi connectivity index (χ0v) is 10.1. The fraction of sp³-hybridized carbons (Fsp3) is 0.909. The minimum Gasteiger partial charge on any atom is -0.479 e. The van der Waals surface area contributed by atoms with E-state index >= 15 is 0 Å². The summed E-state index contributed by atoms with van der Waals surface area (Å²) in [6.07, 6.45) is 2.06. The van der Waals surface area contributed by atoms with Crippen LogP contribution in [0.2, 0.25) is 0 Å². The van der Waals surface area contributed by atoms with Gasteiger partial charge in [-0.15, -0.1) is 0 Å². The average molecular weight is 230 g/mol. The molecule has 0 bridgehead atoms. The van der Waals surface area contributed by atoms with Gasteiger partial charge in [0.15, 0.2) is 6.10 Å². The number of nitrogens with one attached hydrogen (secondary N) is 1. The highest BCUT2D eigenvalue weighted by Crippen LogP contribution is 2.18. The summed E-state index contributed by atoms with van der Waals surface area (Å²) in [6.45, 7) is 2.78. The molecule has 0 aliphatic carbocycles. The first-order valence-corrected chi connectivity index (χ1v) is 5.83. The van der Waals surface area contributed by atoms with Crippen LogP contribution in [0.4, 0.5) is 0 Å². The molecule has 0 aromatic heterocycles. The number of ether oxygens (including phenoxy) is 1. The maximum Gasteiger partial charge on any atom is 0.332 e. The van der Waals surface area contributed by atoms with Crippen LogP contribution in [-0.2, 0) is 9.53 Å². The standard InChI is InChI=1S/C11H22N2O3/c1-13(2)7-3-6-12-8-9-4-5-10(16-9)11(14)15/h9-10,12H,3-8H2,1-2H3,(H,14,15). The largest absolute Gasteiger partial charge is 0.479 e. The summed E-state index contributed by atoms with van der Waals surface area (Å²) in [5, 5.41) is 12.0. The van der Waals surface area contributed by atoms with Crippen molar-refractivity contribution in [3.63, 3.8) is 0 Å². The highest BCUT2D eigenvalue weighted by Gasteiger charge is 2.29. The van der Waals surface area contributed by atoms with Gasteiger partial charge in [0.25, 0.3) is 0 Å². The van der Waals surface area contributed by atoms with Crippen molar-refractivity contribution >= 4 is 5.97 Å². The highest BCUT2D eigenvalue weighted by molar-refractivity contribution is 5.72. The van der Waals surface area contributed by atoms with Crippen molar-refractivity contribution in [1.82, 2.24) is 10.2 Å². The molecule has 2 N–H and O–H groups in total. The van der Waals surface area contributed by atoms with Crippen molar-refractivity contribution < 1.29 is 14.6 Å². The van der Waals surface area contributed by atoms with E-state index in [0.29, 0.717) is 6.42 Å². The molecule has 5 nitrogen and oxygen atoms in total. The number of carboxylic acid groups (broad SMARTS) is 1.